The number of hydrogen-bond donors (Lipinski definition) is 2. The maximum absolute atomic E-state index is 11.9. The van der Waals surface area contributed by atoms with Gasteiger partial charge in [-0.15, -0.1) is 0 Å². The van der Waals surface area contributed by atoms with E-state index in [0.29, 0.717) is 6.42 Å². The monoisotopic (exact) mass is 307 g/mol. The van der Waals surface area contributed by atoms with Gasteiger partial charge < -0.3 is 5.32 Å². The first-order valence-electron chi connectivity index (χ1n) is 5.67. The number of amides is 1. The van der Waals surface area contributed by atoms with Gasteiger partial charge in [0.15, 0.2) is 0 Å². The lowest BCUT2D eigenvalue weighted by Crippen LogP contribution is -2.27. The van der Waals surface area contributed by atoms with E-state index >= 15 is 0 Å². The molecule has 1 atom stereocenters. The molecule has 18 heavy (non-hydrogen) atoms. The van der Waals surface area contributed by atoms with Crippen molar-refractivity contribution < 1.29 is 4.79 Å². The summed E-state index contributed by atoms with van der Waals surface area (Å²) in [5, 5.41) is 9.53. The molecular formula is C13H14BrN3O. The van der Waals surface area contributed by atoms with Crippen LogP contribution in [0.25, 0.3) is 0 Å². The molecule has 0 aliphatic rings. The molecule has 1 unspecified atom stereocenters. The van der Waals surface area contributed by atoms with Crippen molar-refractivity contribution >= 4 is 21.8 Å². The van der Waals surface area contributed by atoms with Gasteiger partial charge in [-0.05, 0) is 24.6 Å². The second kappa shape index (κ2) is 5.82. The maximum Gasteiger partial charge on any atom is 0.224 e. The summed E-state index contributed by atoms with van der Waals surface area (Å²) in [4.78, 5) is 11.9. The summed E-state index contributed by atoms with van der Waals surface area (Å²) >= 11 is 3.39. The molecule has 0 spiro atoms. The largest absolute Gasteiger partial charge is 0.349 e. The number of rotatable bonds is 4. The van der Waals surface area contributed by atoms with E-state index in [-0.39, 0.29) is 11.9 Å². The predicted molar refractivity (Wildman–Crippen MR) is 73.0 cm³/mol. The van der Waals surface area contributed by atoms with E-state index in [9.17, 15) is 4.79 Å². The third-order valence-corrected chi connectivity index (χ3v) is 3.14. The topological polar surface area (TPSA) is 57.8 Å². The molecule has 4 nitrogen and oxygen atoms in total. The van der Waals surface area contributed by atoms with Gasteiger partial charge in [-0.3, -0.25) is 9.89 Å². The van der Waals surface area contributed by atoms with Gasteiger partial charge in [-0.1, -0.05) is 28.1 Å². The van der Waals surface area contributed by atoms with Crippen molar-refractivity contribution in [3.8, 4) is 0 Å². The lowest BCUT2D eigenvalue weighted by molar-refractivity contribution is -0.121. The zero-order valence-electron chi connectivity index (χ0n) is 9.98. The Bertz CT molecular complexity index is 525. The molecule has 5 heteroatoms. The van der Waals surface area contributed by atoms with Crippen LogP contribution < -0.4 is 5.32 Å². The van der Waals surface area contributed by atoms with E-state index in [0.717, 1.165) is 15.6 Å². The Morgan fingerprint density at radius 3 is 3.06 bits per heavy atom. The fourth-order valence-electron chi connectivity index (χ4n) is 1.71. The highest BCUT2D eigenvalue weighted by atomic mass is 79.9. The maximum atomic E-state index is 11.9. The number of carbonyl (C=O) groups excluding carboxylic acids is 1. The van der Waals surface area contributed by atoms with Gasteiger partial charge in [-0.2, -0.15) is 5.10 Å². The molecule has 2 aromatic rings. The van der Waals surface area contributed by atoms with E-state index in [1.165, 1.54) is 0 Å². The quantitative estimate of drug-likeness (QED) is 0.912. The normalized spacial score (nSPS) is 12.1. The lowest BCUT2D eigenvalue weighted by atomic mass is 10.1. The number of H-pyrrole nitrogens is 1. The number of benzene rings is 1. The summed E-state index contributed by atoms with van der Waals surface area (Å²) in [6, 6.07) is 7.71. The first kappa shape index (κ1) is 12.8. The first-order valence-corrected chi connectivity index (χ1v) is 6.47. The highest BCUT2D eigenvalue weighted by Crippen LogP contribution is 2.13. The predicted octanol–water partition coefficient (Wildman–Crippen LogP) is 2.59. The Balaban J connectivity index is 1.93. The summed E-state index contributed by atoms with van der Waals surface area (Å²) in [5.41, 5.74) is 1.96. The molecule has 0 radical (unpaired) electrons. The van der Waals surface area contributed by atoms with E-state index in [4.69, 9.17) is 0 Å². The van der Waals surface area contributed by atoms with Crippen LogP contribution >= 0.6 is 15.9 Å². The van der Waals surface area contributed by atoms with Crippen LogP contribution in [0, 0.1) is 0 Å². The van der Waals surface area contributed by atoms with E-state index < -0.39 is 0 Å². The average Bonchev–Trinajstić information content (AvgIpc) is 2.81. The molecule has 1 amide bonds. The number of aromatic nitrogens is 2. The van der Waals surface area contributed by atoms with Crippen molar-refractivity contribution in [3.05, 3.63) is 52.3 Å². The number of nitrogens with one attached hydrogen (secondary N) is 2. The minimum absolute atomic E-state index is 0.00167. The first-order chi connectivity index (χ1) is 8.65. The Hall–Kier alpha value is -1.62. The van der Waals surface area contributed by atoms with Crippen LogP contribution in [0.15, 0.2) is 41.1 Å². The number of carbonyl (C=O) groups is 1. The number of nitrogens with zero attached hydrogens (tertiary/aromatic N) is 1. The van der Waals surface area contributed by atoms with Crippen LogP contribution in [0.5, 0.6) is 0 Å². The summed E-state index contributed by atoms with van der Waals surface area (Å²) in [7, 11) is 0. The van der Waals surface area contributed by atoms with Crippen LogP contribution in [-0.2, 0) is 11.2 Å². The summed E-state index contributed by atoms with van der Waals surface area (Å²) < 4.78 is 0.982. The zero-order valence-corrected chi connectivity index (χ0v) is 11.6. The molecule has 94 valence electrons. The lowest BCUT2D eigenvalue weighted by Gasteiger charge is -2.12. The van der Waals surface area contributed by atoms with E-state index in [2.05, 4.69) is 31.4 Å². The van der Waals surface area contributed by atoms with E-state index in [1.54, 1.807) is 12.4 Å². The second-order valence-electron chi connectivity index (χ2n) is 4.13. The van der Waals surface area contributed by atoms with Crippen molar-refractivity contribution in [2.45, 2.75) is 19.4 Å². The van der Waals surface area contributed by atoms with Crippen LogP contribution in [0.1, 0.15) is 24.1 Å². The van der Waals surface area contributed by atoms with Crippen molar-refractivity contribution in [2.75, 3.05) is 0 Å². The second-order valence-corrected chi connectivity index (χ2v) is 5.04. The Labute approximate surface area is 114 Å². The molecule has 2 rings (SSSR count). The Kier molecular flexibility index (Phi) is 4.15. The van der Waals surface area contributed by atoms with Crippen molar-refractivity contribution in [1.29, 1.82) is 0 Å². The standard InChI is InChI=1S/C13H14BrN3O/c1-9(11-7-15-16-8-11)17-13(18)6-10-3-2-4-12(14)5-10/h2-5,7-9H,6H2,1H3,(H,15,16)(H,17,18). The summed E-state index contributed by atoms with van der Waals surface area (Å²) in [6.07, 6.45) is 3.87. The molecule has 0 aliphatic carbocycles. The van der Waals surface area contributed by atoms with Crippen LogP contribution in [0.2, 0.25) is 0 Å². The smallest absolute Gasteiger partial charge is 0.224 e. The molecule has 0 bridgehead atoms. The number of aromatic amines is 1. The minimum Gasteiger partial charge on any atom is -0.349 e. The van der Waals surface area contributed by atoms with Gasteiger partial charge in [0, 0.05) is 16.2 Å². The molecular weight excluding hydrogens is 294 g/mol. The van der Waals surface area contributed by atoms with Crippen molar-refractivity contribution in [1.82, 2.24) is 15.5 Å². The molecule has 0 saturated heterocycles. The molecule has 0 fully saturated rings. The average molecular weight is 308 g/mol. The zero-order chi connectivity index (χ0) is 13.0. The highest BCUT2D eigenvalue weighted by Gasteiger charge is 2.10. The number of halogens is 1. The Morgan fingerprint density at radius 1 is 1.56 bits per heavy atom. The third kappa shape index (κ3) is 3.43. The highest BCUT2D eigenvalue weighted by molar-refractivity contribution is 9.10. The van der Waals surface area contributed by atoms with Crippen molar-refractivity contribution in [3.63, 3.8) is 0 Å². The molecule has 1 heterocycles. The van der Waals surface area contributed by atoms with Crippen LogP contribution in [0.4, 0.5) is 0 Å². The van der Waals surface area contributed by atoms with Gasteiger partial charge in [0.05, 0.1) is 18.7 Å². The van der Waals surface area contributed by atoms with Gasteiger partial charge in [0.25, 0.3) is 0 Å². The summed E-state index contributed by atoms with van der Waals surface area (Å²) in [6.45, 7) is 1.93. The molecule has 0 saturated carbocycles. The van der Waals surface area contributed by atoms with E-state index in [1.807, 2.05) is 31.2 Å². The fraction of sp³-hybridized carbons (Fsp3) is 0.231. The van der Waals surface area contributed by atoms with Gasteiger partial charge >= 0.3 is 0 Å². The summed E-state index contributed by atoms with van der Waals surface area (Å²) in [5.74, 6) is 0.00167. The van der Waals surface area contributed by atoms with Gasteiger partial charge in [0.1, 0.15) is 0 Å². The molecule has 1 aromatic heterocycles. The molecule has 2 N–H and O–H groups in total. The Morgan fingerprint density at radius 2 is 2.39 bits per heavy atom. The number of hydrogen-bond acceptors (Lipinski definition) is 2. The van der Waals surface area contributed by atoms with Gasteiger partial charge in [0.2, 0.25) is 5.91 Å². The van der Waals surface area contributed by atoms with Gasteiger partial charge in [-0.25, -0.2) is 0 Å². The third-order valence-electron chi connectivity index (χ3n) is 2.65. The van der Waals surface area contributed by atoms with Crippen LogP contribution in [-0.4, -0.2) is 16.1 Å². The van der Waals surface area contributed by atoms with Crippen molar-refractivity contribution in [2.24, 2.45) is 0 Å². The SMILES string of the molecule is CC(NC(=O)Cc1cccc(Br)c1)c1cn[nH]c1. The van der Waals surface area contributed by atoms with Crippen LogP contribution in [0.3, 0.4) is 0 Å². The molecule has 0 aliphatic heterocycles. The molecule has 1 aromatic carbocycles. The fourth-order valence-corrected chi connectivity index (χ4v) is 2.15. The minimum atomic E-state index is -0.0385.